The molecule has 0 saturated carbocycles. The summed E-state index contributed by atoms with van der Waals surface area (Å²) in [5.74, 6) is -6.04. The van der Waals surface area contributed by atoms with Crippen LogP contribution in [0, 0.1) is 0 Å². The lowest BCUT2D eigenvalue weighted by atomic mass is 9.91. The highest BCUT2D eigenvalue weighted by Gasteiger charge is 2.55. The quantitative estimate of drug-likeness (QED) is 0.0873. The third-order valence-corrected chi connectivity index (χ3v) is 9.63. The van der Waals surface area contributed by atoms with Crippen molar-refractivity contribution in [3.63, 3.8) is 0 Å². The highest BCUT2D eigenvalue weighted by atomic mass is 19.4. The Labute approximate surface area is 356 Å². The van der Waals surface area contributed by atoms with Crippen molar-refractivity contribution < 1.29 is 71.0 Å². The second-order valence-corrected chi connectivity index (χ2v) is 15.7. The van der Waals surface area contributed by atoms with Crippen molar-refractivity contribution in [1.82, 2.24) is 10.6 Å². The van der Waals surface area contributed by atoms with Crippen molar-refractivity contribution in [3.05, 3.63) is 125 Å². The molecule has 0 spiro atoms. The summed E-state index contributed by atoms with van der Waals surface area (Å²) in [6, 6.07) is 21.2. The zero-order chi connectivity index (χ0) is 45.2. The number of carbonyl (C=O) groups excluding carboxylic acids is 5. The molecule has 1 fully saturated rings. The molecule has 1 saturated heterocycles. The molecule has 1 heterocycles. The predicted molar refractivity (Wildman–Crippen MR) is 216 cm³/mol. The van der Waals surface area contributed by atoms with Crippen LogP contribution in [0.3, 0.4) is 0 Å². The van der Waals surface area contributed by atoms with Crippen LogP contribution in [0.4, 0.5) is 13.2 Å². The third-order valence-electron chi connectivity index (χ3n) is 9.63. The number of alkyl halides is 3. The van der Waals surface area contributed by atoms with Gasteiger partial charge in [-0.25, -0.2) is 9.59 Å². The van der Waals surface area contributed by atoms with Gasteiger partial charge >= 0.3 is 24.1 Å². The van der Waals surface area contributed by atoms with E-state index in [9.17, 15) is 47.4 Å². The Kier molecular flexibility index (Phi) is 15.5. The van der Waals surface area contributed by atoms with Crippen molar-refractivity contribution in [2.24, 2.45) is 0 Å². The Morgan fingerprint density at radius 2 is 1.52 bits per heavy atom. The molecule has 1 aliphatic carbocycles. The summed E-state index contributed by atoms with van der Waals surface area (Å²) < 4.78 is 66.8. The van der Waals surface area contributed by atoms with Gasteiger partial charge in [0.2, 0.25) is 17.6 Å². The van der Waals surface area contributed by atoms with Crippen LogP contribution in [0.1, 0.15) is 74.0 Å². The van der Waals surface area contributed by atoms with Crippen LogP contribution >= 0.6 is 0 Å². The first-order valence-corrected chi connectivity index (χ1v) is 19.8. The average molecular weight is 867 g/mol. The van der Waals surface area contributed by atoms with Crippen LogP contribution in [-0.2, 0) is 48.6 Å². The highest BCUT2D eigenvalue weighted by Crippen LogP contribution is 2.47. The summed E-state index contributed by atoms with van der Waals surface area (Å²) in [5.41, 5.74) is 0.421. The second kappa shape index (κ2) is 20.3. The molecule has 2 amide bonds. The van der Waals surface area contributed by atoms with Crippen molar-refractivity contribution in [2.45, 2.75) is 101 Å². The first kappa shape index (κ1) is 47.2. The molecule has 2 aliphatic rings. The van der Waals surface area contributed by atoms with Gasteiger partial charge in [-0.2, -0.15) is 13.2 Å². The maximum absolute atomic E-state index is 14.1. The van der Waals surface area contributed by atoms with Crippen molar-refractivity contribution in [3.8, 4) is 0 Å². The first-order chi connectivity index (χ1) is 29.3. The molecule has 3 aromatic rings. The number of carbonyl (C=O) groups is 5. The molecular weight excluding hydrogens is 817 g/mol. The van der Waals surface area contributed by atoms with Gasteiger partial charge in [0.05, 0.1) is 24.3 Å². The summed E-state index contributed by atoms with van der Waals surface area (Å²) in [4.78, 5) is 65.9. The molecule has 62 heavy (non-hydrogen) atoms. The summed E-state index contributed by atoms with van der Waals surface area (Å²) in [6.45, 7) is 4.02. The number of ether oxygens (including phenoxy) is 5. The fourth-order valence-electron chi connectivity index (χ4n) is 6.80. The molecule has 17 heteroatoms. The Hall–Kier alpha value is -5.88. The number of hydrogen-bond donors (Lipinski definition) is 4. The van der Waals surface area contributed by atoms with Crippen molar-refractivity contribution in [1.29, 1.82) is 0 Å². The topological polar surface area (TPSA) is 196 Å². The van der Waals surface area contributed by atoms with E-state index in [2.05, 4.69) is 15.4 Å². The van der Waals surface area contributed by atoms with Crippen LogP contribution in [0.5, 0.6) is 0 Å². The van der Waals surface area contributed by atoms with E-state index >= 15 is 0 Å². The molecule has 0 unspecified atom stereocenters. The van der Waals surface area contributed by atoms with Gasteiger partial charge < -0.3 is 44.5 Å². The molecule has 6 atom stereocenters. The molecular formula is C45H49F3N2O12. The van der Waals surface area contributed by atoms with Crippen LogP contribution in [0.2, 0.25) is 0 Å². The highest BCUT2D eigenvalue weighted by molar-refractivity contribution is 5.98. The van der Waals surface area contributed by atoms with Crippen molar-refractivity contribution in [2.75, 3.05) is 13.2 Å². The standard InChI is InChI=1S/C45H49F3N2O12/c1-27(52)38(41(56)49-32(25-51)20-22-37(54)61-43(2,3)4)50-40(55)29-23-34(59-42(57)33-18-12-11-13-28(33)19-21-36(53)58-26-44(46,47)48)39-35(24-29)60-45(62-39,30-14-7-5-8-15-30)31-16-9-6-10-17-31/h5-19,21,24,27,32,34-35,38-39,51-52H,20,22-23,25-26H2,1-4H3,(H,49,56)(H,50,55)/t27-,32-,34+,35+,38+,39-/m0/s1. The number of rotatable bonds is 16. The Morgan fingerprint density at radius 3 is 2.10 bits per heavy atom. The van der Waals surface area contributed by atoms with E-state index in [-0.39, 0.29) is 36.0 Å². The Morgan fingerprint density at radius 1 is 0.903 bits per heavy atom. The number of aliphatic hydroxyl groups excluding tert-OH is 2. The van der Waals surface area contributed by atoms with Gasteiger partial charge in [0.15, 0.2) is 6.61 Å². The fourth-order valence-corrected chi connectivity index (χ4v) is 6.80. The molecule has 14 nitrogen and oxygen atoms in total. The van der Waals surface area contributed by atoms with Gasteiger partial charge in [-0.05, 0) is 57.9 Å². The first-order valence-electron chi connectivity index (χ1n) is 19.8. The lowest BCUT2D eigenvalue weighted by Crippen LogP contribution is -2.55. The SMILES string of the molecule is C[C@H](O)[C@@H](NC(=O)C1=C[C@H]2OC(c3ccccc3)(c3ccccc3)O[C@H]2[C@H](OC(=O)c2ccccc2C=CC(=O)OCC(F)(F)F)C1)C(=O)N[C@H](CO)CCC(=O)OC(C)(C)C. The number of halogens is 3. The molecule has 3 aromatic carbocycles. The van der Waals surface area contributed by atoms with Crippen LogP contribution in [-0.4, -0.2) is 101 Å². The summed E-state index contributed by atoms with van der Waals surface area (Å²) >= 11 is 0. The lowest BCUT2D eigenvalue weighted by Gasteiger charge is -2.32. The largest absolute Gasteiger partial charge is 0.460 e. The van der Waals surface area contributed by atoms with E-state index in [4.69, 9.17) is 18.9 Å². The number of aliphatic hydroxyl groups is 2. The number of benzene rings is 3. The Bertz CT molecular complexity index is 2080. The normalized spacial score (nSPS) is 19.9. The van der Waals surface area contributed by atoms with Crippen LogP contribution < -0.4 is 10.6 Å². The summed E-state index contributed by atoms with van der Waals surface area (Å²) in [7, 11) is 0. The molecule has 4 N–H and O–H groups in total. The number of fused-ring (bicyclic) bond motifs is 1. The minimum atomic E-state index is -4.74. The third kappa shape index (κ3) is 12.6. The predicted octanol–water partition coefficient (Wildman–Crippen LogP) is 4.81. The van der Waals surface area contributed by atoms with E-state index in [1.54, 1.807) is 81.4 Å². The van der Waals surface area contributed by atoms with Crippen molar-refractivity contribution >= 4 is 35.8 Å². The summed E-state index contributed by atoms with van der Waals surface area (Å²) in [6.07, 6.45) is -6.61. The van der Waals surface area contributed by atoms with E-state index in [0.29, 0.717) is 11.1 Å². The van der Waals surface area contributed by atoms with Gasteiger partial charge in [0, 0.05) is 35.6 Å². The van der Waals surface area contributed by atoms with Gasteiger partial charge in [0.1, 0.15) is 30.0 Å². The molecule has 0 bridgehead atoms. The smallest absolute Gasteiger partial charge is 0.422 e. The number of nitrogens with one attached hydrogen (secondary N) is 2. The monoisotopic (exact) mass is 866 g/mol. The Balaban J connectivity index is 1.43. The van der Waals surface area contributed by atoms with Crippen LogP contribution in [0.15, 0.2) is 103 Å². The lowest BCUT2D eigenvalue weighted by molar-refractivity contribution is -0.182. The average Bonchev–Trinajstić information content (AvgIpc) is 3.63. The molecule has 0 aromatic heterocycles. The maximum Gasteiger partial charge on any atom is 0.422 e. The number of esters is 3. The minimum absolute atomic E-state index is 0.00186. The molecule has 332 valence electrons. The van der Waals surface area contributed by atoms with Gasteiger partial charge in [-0.15, -0.1) is 0 Å². The molecule has 1 aliphatic heterocycles. The van der Waals surface area contributed by atoms with E-state index in [1.165, 1.54) is 37.3 Å². The fraction of sp³-hybridized carbons (Fsp3) is 0.400. The van der Waals surface area contributed by atoms with Crippen LogP contribution in [0.25, 0.3) is 6.08 Å². The van der Waals surface area contributed by atoms with E-state index < -0.39 is 97.0 Å². The number of amides is 2. The zero-order valence-electron chi connectivity index (χ0n) is 34.4. The minimum Gasteiger partial charge on any atom is -0.460 e. The second-order valence-electron chi connectivity index (χ2n) is 15.7. The maximum atomic E-state index is 14.1. The number of hydrogen-bond acceptors (Lipinski definition) is 12. The summed E-state index contributed by atoms with van der Waals surface area (Å²) in [5, 5.41) is 25.7. The molecule has 5 rings (SSSR count). The molecule has 0 radical (unpaired) electrons. The van der Waals surface area contributed by atoms with Gasteiger partial charge in [-0.1, -0.05) is 78.9 Å². The van der Waals surface area contributed by atoms with Gasteiger partial charge in [-0.3, -0.25) is 14.4 Å². The zero-order valence-corrected chi connectivity index (χ0v) is 34.4. The van der Waals surface area contributed by atoms with E-state index in [1.807, 2.05) is 0 Å². The van der Waals surface area contributed by atoms with E-state index in [0.717, 1.165) is 12.2 Å². The van der Waals surface area contributed by atoms with Gasteiger partial charge in [0.25, 0.3) is 0 Å².